The quantitative estimate of drug-likeness (QED) is 0.686. The van der Waals surface area contributed by atoms with Crippen molar-refractivity contribution < 1.29 is 9.53 Å². The van der Waals surface area contributed by atoms with Crippen molar-refractivity contribution in [2.75, 3.05) is 39.3 Å². The molecule has 15 heavy (non-hydrogen) atoms. The first-order chi connectivity index (χ1) is 7.19. The molecule has 1 aliphatic rings. The van der Waals surface area contributed by atoms with Gasteiger partial charge in [-0.05, 0) is 45.2 Å². The second kappa shape index (κ2) is 6.38. The molecule has 1 unspecified atom stereocenters. The maximum absolute atomic E-state index is 11.6. The Balaban J connectivity index is 2.51. The summed E-state index contributed by atoms with van der Waals surface area (Å²) >= 11 is 1.73. The SMILES string of the molecule is COC(=O)C(CSC)C1CCN(C)CC1. The number of carbonyl (C=O) groups is 1. The van der Waals surface area contributed by atoms with Gasteiger partial charge in [-0.1, -0.05) is 0 Å². The molecule has 0 radical (unpaired) electrons. The molecule has 0 aromatic rings. The van der Waals surface area contributed by atoms with Crippen LogP contribution >= 0.6 is 11.8 Å². The summed E-state index contributed by atoms with van der Waals surface area (Å²) in [6.45, 7) is 2.21. The molecule has 1 saturated heterocycles. The third kappa shape index (κ3) is 3.68. The molecule has 0 spiro atoms. The van der Waals surface area contributed by atoms with Crippen molar-refractivity contribution in [2.24, 2.45) is 11.8 Å². The number of ether oxygens (including phenoxy) is 1. The van der Waals surface area contributed by atoms with Crippen LogP contribution < -0.4 is 0 Å². The van der Waals surface area contributed by atoms with Crippen molar-refractivity contribution in [1.82, 2.24) is 4.90 Å². The van der Waals surface area contributed by atoms with Crippen molar-refractivity contribution in [2.45, 2.75) is 12.8 Å². The Morgan fingerprint density at radius 3 is 2.60 bits per heavy atom. The zero-order chi connectivity index (χ0) is 11.3. The molecule has 1 heterocycles. The highest BCUT2D eigenvalue weighted by molar-refractivity contribution is 7.98. The summed E-state index contributed by atoms with van der Waals surface area (Å²) < 4.78 is 4.88. The summed E-state index contributed by atoms with van der Waals surface area (Å²) in [4.78, 5) is 14.0. The van der Waals surface area contributed by atoms with Gasteiger partial charge in [0.2, 0.25) is 0 Å². The molecule has 3 nitrogen and oxygen atoms in total. The lowest BCUT2D eigenvalue weighted by Gasteiger charge is -2.32. The van der Waals surface area contributed by atoms with Crippen molar-refractivity contribution in [1.29, 1.82) is 0 Å². The van der Waals surface area contributed by atoms with Gasteiger partial charge >= 0.3 is 5.97 Å². The summed E-state index contributed by atoms with van der Waals surface area (Å²) in [6, 6.07) is 0. The Morgan fingerprint density at radius 1 is 1.53 bits per heavy atom. The number of piperidine rings is 1. The lowest BCUT2D eigenvalue weighted by Crippen LogP contribution is -2.37. The van der Waals surface area contributed by atoms with Gasteiger partial charge in [0.05, 0.1) is 13.0 Å². The fraction of sp³-hybridized carbons (Fsp3) is 0.909. The maximum atomic E-state index is 11.6. The Kier molecular flexibility index (Phi) is 5.47. The van der Waals surface area contributed by atoms with E-state index in [-0.39, 0.29) is 11.9 Å². The van der Waals surface area contributed by atoms with Crippen LogP contribution in [0.25, 0.3) is 0 Å². The van der Waals surface area contributed by atoms with Crippen molar-refractivity contribution in [3.8, 4) is 0 Å². The van der Waals surface area contributed by atoms with Crippen LogP contribution in [0.2, 0.25) is 0 Å². The smallest absolute Gasteiger partial charge is 0.309 e. The number of nitrogens with zero attached hydrogens (tertiary/aromatic N) is 1. The van der Waals surface area contributed by atoms with E-state index < -0.39 is 0 Å². The summed E-state index contributed by atoms with van der Waals surface area (Å²) in [5.41, 5.74) is 0. The van der Waals surface area contributed by atoms with E-state index in [1.807, 2.05) is 6.26 Å². The standard InChI is InChI=1S/C11H21NO2S/c1-12-6-4-9(5-7-12)10(8-15-3)11(13)14-2/h9-10H,4-8H2,1-3H3. The van der Waals surface area contributed by atoms with Crippen LogP contribution in [0.1, 0.15) is 12.8 Å². The highest BCUT2D eigenvalue weighted by atomic mass is 32.2. The first-order valence-electron chi connectivity index (χ1n) is 5.44. The number of hydrogen-bond donors (Lipinski definition) is 0. The summed E-state index contributed by atoms with van der Waals surface area (Å²) in [5, 5.41) is 0. The maximum Gasteiger partial charge on any atom is 0.309 e. The zero-order valence-corrected chi connectivity index (χ0v) is 10.7. The van der Waals surface area contributed by atoms with Crippen LogP contribution in [0.5, 0.6) is 0 Å². The van der Waals surface area contributed by atoms with Crippen molar-refractivity contribution in [3.63, 3.8) is 0 Å². The topological polar surface area (TPSA) is 29.5 Å². The van der Waals surface area contributed by atoms with E-state index in [0.717, 1.165) is 31.7 Å². The fourth-order valence-corrected chi connectivity index (χ4v) is 2.93. The Bertz CT molecular complexity index is 203. The number of rotatable bonds is 4. The highest BCUT2D eigenvalue weighted by Gasteiger charge is 2.30. The van der Waals surface area contributed by atoms with Gasteiger partial charge in [0.25, 0.3) is 0 Å². The van der Waals surface area contributed by atoms with Crippen LogP contribution in [0.15, 0.2) is 0 Å². The molecule has 0 aromatic carbocycles. The number of thioether (sulfide) groups is 1. The van der Waals surface area contributed by atoms with Gasteiger partial charge in [-0.25, -0.2) is 0 Å². The normalized spacial score (nSPS) is 21.3. The third-order valence-electron chi connectivity index (χ3n) is 3.18. The van der Waals surface area contributed by atoms with E-state index in [2.05, 4.69) is 11.9 Å². The number of hydrogen-bond acceptors (Lipinski definition) is 4. The molecule has 0 aromatic heterocycles. The van der Waals surface area contributed by atoms with Crippen LogP contribution in [0.4, 0.5) is 0 Å². The number of methoxy groups -OCH3 is 1. The number of carbonyl (C=O) groups excluding carboxylic acids is 1. The van der Waals surface area contributed by atoms with E-state index in [1.165, 1.54) is 7.11 Å². The molecule has 1 rings (SSSR count). The van der Waals surface area contributed by atoms with Crippen molar-refractivity contribution >= 4 is 17.7 Å². The molecule has 0 bridgehead atoms. The average Bonchev–Trinajstić information content (AvgIpc) is 2.26. The fourth-order valence-electron chi connectivity index (χ4n) is 2.16. The molecule has 0 N–H and O–H groups in total. The predicted molar refractivity (Wildman–Crippen MR) is 64.1 cm³/mol. The van der Waals surface area contributed by atoms with Gasteiger partial charge in [-0.2, -0.15) is 11.8 Å². The van der Waals surface area contributed by atoms with Gasteiger partial charge in [0.1, 0.15) is 0 Å². The van der Waals surface area contributed by atoms with Gasteiger partial charge < -0.3 is 9.64 Å². The second-order valence-electron chi connectivity index (χ2n) is 4.23. The van der Waals surface area contributed by atoms with Crippen LogP contribution in [-0.4, -0.2) is 50.1 Å². The monoisotopic (exact) mass is 231 g/mol. The largest absolute Gasteiger partial charge is 0.469 e. The lowest BCUT2D eigenvalue weighted by molar-refractivity contribution is -0.147. The Labute approximate surface area is 96.5 Å². The molecule has 0 aliphatic carbocycles. The number of esters is 1. The minimum atomic E-state index is -0.0288. The van der Waals surface area contributed by atoms with Crippen molar-refractivity contribution in [3.05, 3.63) is 0 Å². The first kappa shape index (κ1) is 12.8. The third-order valence-corrected chi connectivity index (χ3v) is 3.87. The van der Waals surface area contributed by atoms with E-state index >= 15 is 0 Å². The van der Waals surface area contributed by atoms with Crippen LogP contribution in [-0.2, 0) is 9.53 Å². The van der Waals surface area contributed by atoms with E-state index in [4.69, 9.17) is 4.74 Å². The van der Waals surface area contributed by atoms with Gasteiger partial charge in [-0.15, -0.1) is 0 Å². The molecular weight excluding hydrogens is 210 g/mol. The molecule has 1 fully saturated rings. The Morgan fingerprint density at radius 2 is 2.13 bits per heavy atom. The average molecular weight is 231 g/mol. The molecule has 0 saturated carbocycles. The highest BCUT2D eigenvalue weighted by Crippen LogP contribution is 2.27. The van der Waals surface area contributed by atoms with Crippen LogP contribution in [0, 0.1) is 11.8 Å². The first-order valence-corrected chi connectivity index (χ1v) is 6.83. The summed E-state index contributed by atoms with van der Waals surface area (Å²) in [6.07, 6.45) is 4.29. The lowest BCUT2D eigenvalue weighted by atomic mass is 9.85. The predicted octanol–water partition coefficient (Wildman–Crippen LogP) is 1.48. The molecule has 1 aliphatic heterocycles. The summed E-state index contributed by atoms with van der Waals surface area (Å²) in [7, 11) is 3.63. The summed E-state index contributed by atoms with van der Waals surface area (Å²) in [5.74, 6) is 1.47. The molecule has 4 heteroatoms. The molecule has 1 atom stereocenters. The minimum absolute atomic E-state index is 0.0288. The van der Waals surface area contributed by atoms with Gasteiger partial charge in [-0.3, -0.25) is 4.79 Å². The molecule has 0 amide bonds. The van der Waals surface area contributed by atoms with Gasteiger partial charge in [0, 0.05) is 5.75 Å². The van der Waals surface area contributed by atoms with E-state index in [1.54, 1.807) is 11.8 Å². The minimum Gasteiger partial charge on any atom is -0.469 e. The van der Waals surface area contributed by atoms with E-state index in [0.29, 0.717) is 5.92 Å². The second-order valence-corrected chi connectivity index (χ2v) is 5.14. The zero-order valence-electron chi connectivity index (χ0n) is 9.86. The van der Waals surface area contributed by atoms with E-state index in [9.17, 15) is 4.79 Å². The van der Waals surface area contributed by atoms with Gasteiger partial charge in [0.15, 0.2) is 0 Å². The molecule has 88 valence electrons. The number of likely N-dealkylation sites (tertiary alicyclic amines) is 1. The van der Waals surface area contributed by atoms with Crippen LogP contribution in [0.3, 0.4) is 0 Å². The molecular formula is C11H21NO2S. The Hall–Kier alpha value is -0.220.